The van der Waals surface area contributed by atoms with Gasteiger partial charge in [-0.15, -0.1) is 11.3 Å². The molecule has 0 bridgehead atoms. The molecule has 4 heterocycles. The van der Waals surface area contributed by atoms with Crippen LogP contribution in [0, 0.1) is 0 Å². The van der Waals surface area contributed by atoms with Gasteiger partial charge in [0, 0.05) is 37.0 Å². The number of nitrogens with one attached hydrogen (secondary N) is 1. The highest BCUT2D eigenvalue weighted by Crippen LogP contribution is 2.43. The number of nitrogens with two attached hydrogens (primary N) is 1. The number of fused-ring (bicyclic) bond motifs is 3. The minimum atomic E-state index is -0.298. The van der Waals surface area contributed by atoms with Gasteiger partial charge in [-0.1, -0.05) is 30.3 Å². The van der Waals surface area contributed by atoms with E-state index in [0.29, 0.717) is 36.9 Å². The summed E-state index contributed by atoms with van der Waals surface area (Å²) in [6.07, 6.45) is 0.727. The van der Waals surface area contributed by atoms with Crippen LogP contribution in [0.25, 0.3) is 10.2 Å². The van der Waals surface area contributed by atoms with Crippen molar-refractivity contribution in [1.29, 1.82) is 0 Å². The van der Waals surface area contributed by atoms with Crippen LogP contribution in [0.4, 0.5) is 11.5 Å². The van der Waals surface area contributed by atoms with Gasteiger partial charge >= 0.3 is 0 Å². The fourth-order valence-corrected chi connectivity index (χ4v) is 5.44. The number of thiophene rings is 1. The third-order valence-corrected chi connectivity index (χ3v) is 7.19. The first-order chi connectivity index (χ1) is 15.4. The maximum atomic E-state index is 13.0. The fraction of sp³-hybridized carbons (Fsp3) is 0.417. The molecule has 0 radical (unpaired) electrons. The number of nitrogen functional groups attached to an aromatic ring is 1. The first-order valence-corrected chi connectivity index (χ1v) is 11.8. The van der Waals surface area contributed by atoms with Crippen molar-refractivity contribution in [2.24, 2.45) is 0 Å². The molecule has 0 saturated carbocycles. The van der Waals surface area contributed by atoms with Crippen molar-refractivity contribution in [2.45, 2.75) is 39.0 Å². The normalized spacial score (nSPS) is 17.9. The molecular weight excluding hydrogens is 424 g/mol. The van der Waals surface area contributed by atoms with Crippen LogP contribution >= 0.6 is 11.3 Å². The number of benzene rings is 1. The van der Waals surface area contributed by atoms with E-state index in [-0.39, 0.29) is 11.5 Å². The molecule has 0 spiro atoms. The van der Waals surface area contributed by atoms with Crippen molar-refractivity contribution in [3.8, 4) is 0 Å². The second kappa shape index (κ2) is 8.35. The largest absolute Gasteiger partial charge is 0.397 e. The highest BCUT2D eigenvalue weighted by Gasteiger charge is 2.34. The third-order valence-electron chi connectivity index (χ3n) is 6.09. The lowest BCUT2D eigenvalue weighted by Gasteiger charge is -2.36. The van der Waals surface area contributed by atoms with Gasteiger partial charge in [-0.25, -0.2) is 4.98 Å². The van der Waals surface area contributed by atoms with Gasteiger partial charge in [0.15, 0.2) is 0 Å². The van der Waals surface area contributed by atoms with Gasteiger partial charge in [0.2, 0.25) is 0 Å². The molecule has 7 nitrogen and oxygen atoms in total. The van der Waals surface area contributed by atoms with Gasteiger partial charge in [-0.05, 0) is 25.0 Å². The van der Waals surface area contributed by atoms with Crippen LogP contribution in [-0.2, 0) is 29.0 Å². The predicted molar refractivity (Wildman–Crippen MR) is 127 cm³/mol. The van der Waals surface area contributed by atoms with Crippen LogP contribution in [0.2, 0.25) is 0 Å². The first kappa shape index (κ1) is 21.2. The first-order valence-electron chi connectivity index (χ1n) is 11.0. The average Bonchev–Trinajstić information content (AvgIpc) is 3.14. The van der Waals surface area contributed by atoms with Crippen molar-refractivity contribution in [3.63, 3.8) is 0 Å². The summed E-state index contributed by atoms with van der Waals surface area (Å²) in [5.41, 5.74) is 10.1. The Balaban J connectivity index is 1.55. The fourth-order valence-electron chi connectivity index (χ4n) is 4.41. The predicted octanol–water partition coefficient (Wildman–Crippen LogP) is 3.50. The third kappa shape index (κ3) is 3.94. The number of morpholine rings is 1. The Labute approximate surface area is 191 Å². The molecule has 3 N–H and O–H groups in total. The molecule has 3 aromatic rings. The molecule has 1 saturated heterocycles. The molecule has 2 aliphatic heterocycles. The smallest absolute Gasteiger partial charge is 0.263 e. The number of carbonyl (C=O) groups excluding carboxylic acids is 1. The molecule has 0 aliphatic carbocycles. The molecule has 0 unspecified atom stereocenters. The van der Waals surface area contributed by atoms with Crippen LogP contribution in [0.1, 0.15) is 40.2 Å². The number of rotatable bonds is 4. The standard InChI is InChI=1S/C24H28N4O3S/c1-24(2)12-16-17(14-31-24)21(28-8-10-30-11-9-28)27-23-18(16)19(25)20(32-23)22(29)26-13-15-6-4-3-5-7-15/h3-7H,8-14,25H2,1-2H3,(H,26,29). The highest BCUT2D eigenvalue weighted by molar-refractivity contribution is 7.21. The van der Waals surface area contributed by atoms with E-state index in [1.165, 1.54) is 11.3 Å². The van der Waals surface area contributed by atoms with Gasteiger partial charge in [-0.3, -0.25) is 4.79 Å². The summed E-state index contributed by atoms with van der Waals surface area (Å²) in [7, 11) is 0. The number of aromatic nitrogens is 1. The zero-order chi connectivity index (χ0) is 22.3. The molecule has 1 aromatic carbocycles. The second-order valence-electron chi connectivity index (χ2n) is 8.91. The summed E-state index contributed by atoms with van der Waals surface area (Å²) < 4.78 is 11.7. The average molecular weight is 453 g/mol. The Hall–Kier alpha value is -2.68. The lowest BCUT2D eigenvalue weighted by atomic mass is 9.89. The Bertz CT molecular complexity index is 1150. The summed E-state index contributed by atoms with van der Waals surface area (Å²) in [5, 5.41) is 3.91. The topological polar surface area (TPSA) is 89.7 Å². The van der Waals surface area contributed by atoms with Crippen LogP contribution in [0.5, 0.6) is 0 Å². The minimum absolute atomic E-state index is 0.164. The Morgan fingerprint density at radius 1 is 1.22 bits per heavy atom. The lowest BCUT2D eigenvalue weighted by molar-refractivity contribution is -0.0396. The SMILES string of the molecule is CC1(C)Cc2c(c(N3CCOCC3)nc3sc(C(=O)NCc4ccccc4)c(N)c23)CO1. The van der Waals surface area contributed by atoms with Gasteiger partial charge in [0.25, 0.3) is 5.91 Å². The molecule has 1 amide bonds. The van der Waals surface area contributed by atoms with Gasteiger partial charge in [0.05, 0.1) is 31.1 Å². The van der Waals surface area contributed by atoms with Crippen molar-refractivity contribution >= 4 is 39.0 Å². The number of ether oxygens (including phenoxy) is 2. The Morgan fingerprint density at radius 3 is 2.72 bits per heavy atom. The van der Waals surface area contributed by atoms with E-state index < -0.39 is 0 Å². The summed E-state index contributed by atoms with van der Waals surface area (Å²) in [4.78, 5) is 21.6. The number of carbonyl (C=O) groups is 1. The van der Waals surface area contributed by atoms with E-state index in [9.17, 15) is 4.79 Å². The molecular formula is C24H28N4O3S. The number of amides is 1. The number of pyridine rings is 1. The summed E-state index contributed by atoms with van der Waals surface area (Å²) in [5.74, 6) is 0.770. The molecule has 0 atom stereocenters. The van der Waals surface area contributed by atoms with E-state index in [1.807, 2.05) is 30.3 Å². The van der Waals surface area contributed by atoms with Crippen molar-refractivity contribution in [2.75, 3.05) is 36.9 Å². The molecule has 8 heteroatoms. The van der Waals surface area contributed by atoms with E-state index in [1.54, 1.807) is 0 Å². The second-order valence-corrected chi connectivity index (χ2v) is 9.91. The van der Waals surface area contributed by atoms with Crippen molar-refractivity contribution < 1.29 is 14.3 Å². The summed E-state index contributed by atoms with van der Waals surface area (Å²) in [6.45, 7) is 8.07. The molecule has 5 rings (SSSR count). The Morgan fingerprint density at radius 2 is 1.97 bits per heavy atom. The van der Waals surface area contributed by atoms with Crippen LogP contribution in [0.15, 0.2) is 30.3 Å². The zero-order valence-electron chi connectivity index (χ0n) is 18.4. The van der Waals surface area contributed by atoms with Crippen molar-refractivity contribution in [1.82, 2.24) is 10.3 Å². The number of hydrogen-bond acceptors (Lipinski definition) is 7. The summed E-state index contributed by atoms with van der Waals surface area (Å²) in [6, 6.07) is 9.86. The van der Waals surface area contributed by atoms with Crippen LogP contribution in [-0.4, -0.2) is 42.8 Å². The maximum Gasteiger partial charge on any atom is 0.263 e. The van der Waals surface area contributed by atoms with Gasteiger partial charge in [-0.2, -0.15) is 0 Å². The van der Waals surface area contributed by atoms with E-state index >= 15 is 0 Å². The minimum Gasteiger partial charge on any atom is -0.397 e. The van der Waals surface area contributed by atoms with E-state index in [2.05, 4.69) is 24.1 Å². The summed E-state index contributed by atoms with van der Waals surface area (Å²) >= 11 is 1.37. The lowest BCUT2D eigenvalue weighted by Crippen LogP contribution is -2.39. The zero-order valence-corrected chi connectivity index (χ0v) is 19.3. The number of anilines is 2. The maximum absolute atomic E-state index is 13.0. The molecule has 2 aliphatic rings. The molecule has 168 valence electrons. The number of hydrogen-bond donors (Lipinski definition) is 2. The highest BCUT2D eigenvalue weighted by atomic mass is 32.1. The quantitative estimate of drug-likeness (QED) is 0.630. The monoisotopic (exact) mass is 452 g/mol. The number of nitrogens with zero attached hydrogens (tertiary/aromatic N) is 2. The molecule has 32 heavy (non-hydrogen) atoms. The van der Waals surface area contributed by atoms with Crippen LogP contribution in [0.3, 0.4) is 0 Å². The molecule has 2 aromatic heterocycles. The Kier molecular flexibility index (Phi) is 5.53. The van der Waals surface area contributed by atoms with Crippen LogP contribution < -0.4 is 16.0 Å². The van der Waals surface area contributed by atoms with Gasteiger partial charge in [0.1, 0.15) is 15.5 Å². The van der Waals surface area contributed by atoms with Gasteiger partial charge < -0.3 is 25.4 Å². The van der Waals surface area contributed by atoms with E-state index in [4.69, 9.17) is 20.2 Å². The molecule has 1 fully saturated rings. The van der Waals surface area contributed by atoms with Crippen molar-refractivity contribution in [3.05, 3.63) is 51.9 Å². The van der Waals surface area contributed by atoms with E-state index in [0.717, 1.165) is 52.2 Å².